The Labute approximate surface area is 68.7 Å². The van der Waals surface area contributed by atoms with E-state index in [1.165, 1.54) is 0 Å². The molecule has 0 amide bonds. The zero-order valence-corrected chi connectivity index (χ0v) is 8.06. The summed E-state index contributed by atoms with van der Waals surface area (Å²) in [6.07, 6.45) is 0. The molecule has 0 radical (unpaired) electrons. The SMILES string of the molecule is COC1(C)CNC(C)(C)N1C. The molecule has 1 aliphatic rings. The van der Waals surface area contributed by atoms with Crippen molar-refractivity contribution in [2.24, 2.45) is 0 Å². The van der Waals surface area contributed by atoms with Gasteiger partial charge in [-0.15, -0.1) is 0 Å². The lowest BCUT2D eigenvalue weighted by molar-refractivity contribution is -0.102. The first-order valence-electron chi connectivity index (χ1n) is 3.96. The fourth-order valence-corrected chi connectivity index (χ4v) is 1.42. The monoisotopic (exact) mass is 158 g/mol. The van der Waals surface area contributed by atoms with Gasteiger partial charge in [0.1, 0.15) is 5.72 Å². The standard InChI is InChI=1S/C8H18N2O/c1-7(2)9-6-8(3,11-5)10(7)4/h9H,6H2,1-5H3. The van der Waals surface area contributed by atoms with Crippen LogP contribution in [0.15, 0.2) is 0 Å². The second kappa shape index (κ2) is 2.44. The lowest BCUT2D eigenvalue weighted by Crippen LogP contribution is -2.50. The normalized spacial score (nSPS) is 37.9. The van der Waals surface area contributed by atoms with Crippen LogP contribution in [0, 0.1) is 0 Å². The van der Waals surface area contributed by atoms with Gasteiger partial charge >= 0.3 is 0 Å². The highest BCUT2D eigenvalue weighted by molar-refractivity contribution is 4.94. The van der Waals surface area contributed by atoms with E-state index in [0.717, 1.165) is 6.54 Å². The number of methoxy groups -OCH3 is 1. The van der Waals surface area contributed by atoms with Gasteiger partial charge in [-0.25, -0.2) is 0 Å². The third kappa shape index (κ3) is 1.28. The summed E-state index contributed by atoms with van der Waals surface area (Å²) < 4.78 is 5.41. The van der Waals surface area contributed by atoms with Gasteiger partial charge in [0, 0.05) is 13.7 Å². The highest BCUT2D eigenvalue weighted by atomic mass is 16.5. The zero-order valence-electron chi connectivity index (χ0n) is 8.06. The summed E-state index contributed by atoms with van der Waals surface area (Å²) in [4.78, 5) is 2.21. The summed E-state index contributed by atoms with van der Waals surface area (Å²) in [6.45, 7) is 7.27. The van der Waals surface area contributed by atoms with E-state index in [0.29, 0.717) is 0 Å². The van der Waals surface area contributed by atoms with Gasteiger partial charge in [-0.2, -0.15) is 0 Å². The number of hydrogen-bond acceptors (Lipinski definition) is 3. The Balaban J connectivity index is 2.78. The van der Waals surface area contributed by atoms with E-state index < -0.39 is 0 Å². The maximum atomic E-state index is 5.41. The molecule has 3 heteroatoms. The van der Waals surface area contributed by atoms with E-state index in [1.54, 1.807) is 7.11 Å². The van der Waals surface area contributed by atoms with Gasteiger partial charge in [-0.1, -0.05) is 0 Å². The van der Waals surface area contributed by atoms with Crippen molar-refractivity contribution < 1.29 is 4.74 Å². The van der Waals surface area contributed by atoms with Crippen LogP contribution in [0.5, 0.6) is 0 Å². The Morgan fingerprint density at radius 1 is 1.36 bits per heavy atom. The molecule has 1 unspecified atom stereocenters. The van der Waals surface area contributed by atoms with Gasteiger partial charge in [-0.05, 0) is 27.8 Å². The van der Waals surface area contributed by atoms with Crippen molar-refractivity contribution in [2.75, 3.05) is 20.7 Å². The fraction of sp³-hybridized carbons (Fsp3) is 1.00. The molecule has 0 aliphatic carbocycles. The number of likely N-dealkylation sites (N-methyl/N-ethyl adjacent to an activating group) is 1. The molecule has 1 N–H and O–H groups in total. The molecule has 11 heavy (non-hydrogen) atoms. The van der Waals surface area contributed by atoms with Crippen molar-refractivity contribution in [1.29, 1.82) is 0 Å². The minimum absolute atomic E-state index is 0.0464. The molecular weight excluding hydrogens is 140 g/mol. The van der Waals surface area contributed by atoms with Crippen molar-refractivity contribution in [2.45, 2.75) is 32.2 Å². The third-order valence-corrected chi connectivity index (χ3v) is 2.84. The molecule has 66 valence electrons. The molecule has 1 atom stereocenters. The van der Waals surface area contributed by atoms with Gasteiger partial charge in [0.25, 0.3) is 0 Å². The molecule has 3 nitrogen and oxygen atoms in total. The Bertz CT molecular complexity index is 158. The van der Waals surface area contributed by atoms with Crippen molar-refractivity contribution in [1.82, 2.24) is 10.2 Å². The molecule has 0 bridgehead atoms. The second-order valence-corrected chi connectivity index (χ2v) is 3.85. The van der Waals surface area contributed by atoms with E-state index in [9.17, 15) is 0 Å². The maximum absolute atomic E-state index is 5.41. The number of nitrogens with one attached hydrogen (secondary N) is 1. The van der Waals surface area contributed by atoms with E-state index in [4.69, 9.17) is 4.74 Å². The molecule has 0 saturated carbocycles. The summed E-state index contributed by atoms with van der Waals surface area (Å²) in [7, 11) is 3.82. The number of nitrogens with zero attached hydrogens (tertiary/aromatic N) is 1. The molecule has 0 aromatic rings. The van der Waals surface area contributed by atoms with Crippen molar-refractivity contribution in [3.63, 3.8) is 0 Å². The molecule has 1 fully saturated rings. The Morgan fingerprint density at radius 3 is 2.09 bits per heavy atom. The Morgan fingerprint density at radius 2 is 1.91 bits per heavy atom. The van der Waals surface area contributed by atoms with Crippen LogP contribution in [0.1, 0.15) is 20.8 Å². The van der Waals surface area contributed by atoms with E-state index >= 15 is 0 Å². The Hall–Kier alpha value is -0.120. The van der Waals surface area contributed by atoms with E-state index in [1.807, 2.05) is 0 Å². The number of hydrogen-bond donors (Lipinski definition) is 1. The second-order valence-electron chi connectivity index (χ2n) is 3.85. The molecule has 1 saturated heterocycles. The van der Waals surface area contributed by atoms with Gasteiger partial charge < -0.3 is 4.74 Å². The summed E-state index contributed by atoms with van der Waals surface area (Å²) in [5, 5.41) is 3.39. The Kier molecular flexibility index (Phi) is 1.99. The first-order chi connectivity index (χ1) is 4.92. The first-order valence-corrected chi connectivity index (χ1v) is 3.96. The molecule has 1 rings (SSSR count). The molecular formula is C8H18N2O. The number of ether oxygens (including phenoxy) is 1. The summed E-state index contributed by atoms with van der Waals surface area (Å²) >= 11 is 0. The zero-order chi connectivity index (χ0) is 8.70. The third-order valence-electron chi connectivity index (χ3n) is 2.84. The van der Waals surface area contributed by atoms with Crippen molar-refractivity contribution in [3.05, 3.63) is 0 Å². The minimum atomic E-state index is -0.149. The van der Waals surface area contributed by atoms with Crippen LogP contribution in [0.4, 0.5) is 0 Å². The molecule has 1 aliphatic heterocycles. The average molecular weight is 158 g/mol. The first kappa shape index (κ1) is 8.97. The molecule has 0 spiro atoms. The van der Waals surface area contributed by atoms with Gasteiger partial charge in [0.2, 0.25) is 0 Å². The van der Waals surface area contributed by atoms with Gasteiger partial charge in [0.05, 0.1) is 5.66 Å². The quantitative estimate of drug-likeness (QED) is 0.605. The predicted molar refractivity (Wildman–Crippen MR) is 45.3 cm³/mol. The van der Waals surface area contributed by atoms with Crippen LogP contribution in [-0.2, 0) is 4.74 Å². The van der Waals surface area contributed by atoms with Crippen LogP contribution in [-0.4, -0.2) is 37.0 Å². The summed E-state index contributed by atoms with van der Waals surface area (Å²) in [5.74, 6) is 0. The van der Waals surface area contributed by atoms with Crippen molar-refractivity contribution >= 4 is 0 Å². The lowest BCUT2D eigenvalue weighted by Gasteiger charge is -2.36. The molecule has 0 aromatic carbocycles. The van der Waals surface area contributed by atoms with Crippen molar-refractivity contribution in [3.8, 4) is 0 Å². The molecule has 0 aromatic heterocycles. The van der Waals surface area contributed by atoms with Crippen LogP contribution >= 0.6 is 0 Å². The van der Waals surface area contributed by atoms with Crippen LogP contribution < -0.4 is 5.32 Å². The lowest BCUT2D eigenvalue weighted by atomic mass is 10.2. The average Bonchev–Trinajstić information content (AvgIpc) is 2.16. The van der Waals surface area contributed by atoms with Gasteiger partial charge in [0.15, 0.2) is 0 Å². The smallest absolute Gasteiger partial charge is 0.132 e. The summed E-state index contributed by atoms with van der Waals surface area (Å²) in [6, 6.07) is 0. The summed E-state index contributed by atoms with van der Waals surface area (Å²) in [5.41, 5.74) is -0.103. The highest BCUT2D eigenvalue weighted by Crippen LogP contribution is 2.27. The van der Waals surface area contributed by atoms with Crippen LogP contribution in [0.25, 0.3) is 0 Å². The van der Waals surface area contributed by atoms with Crippen LogP contribution in [0.2, 0.25) is 0 Å². The highest BCUT2D eigenvalue weighted by Gasteiger charge is 2.44. The van der Waals surface area contributed by atoms with Gasteiger partial charge in [-0.3, -0.25) is 10.2 Å². The predicted octanol–water partition coefficient (Wildman–Crippen LogP) is 0.620. The topological polar surface area (TPSA) is 24.5 Å². The minimum Gasteiger partial charge on any atom is -0.363 e. The largest absolute Gasteiger partial charge is 0.363 e. The van der Waals surface area contributed by atoms with Crippen LogP contribution in [0.3, 0.4) is 0 Å². The number of rotatable bonds is 1. The van der Waals surface area contributed by atoms with E-state index in [-0.39, 0.29) is 11.4 Å². The fourth-order valence-electron chi connectivity index (χ4n) is 1.42. The maximum Gasteiger partial charge on any atom is 0.132 e. The molecule has 1 heterocycles. The van der Waals surface area contributed by atoms with E-state index in [2.05, 4.69) is 38.0 Å².